The lowest BCUT2D eigenvalue weighted by atomic mass is 9.86. The summed E-state index contributed by atoms with van der Waals surface area (Å²) in [6.07, 6.45) is -5.08. The fraction of sp³-hybridized carbons (Fsp3) is 0.647. The molecule has 2 N–H and O–H groups in total. The molecule has 0 unspecified atom stereocenters. The second-order valence-corrected chi connectivity index (χ2v) is 8.42. The summed E-state index contributed by atoms with van der Waals surface area (Å²) in [5.41, 5.74) is 0.281. The van der Waals surface area contributed by atoms with Crippen LogP contribution >= 0.6 is 11.3 Å². The zero-order valence-corrected chi connectivity index (χ0v) is 17.7. The average Bonchev–Trinajstić information content (AvgIpc) is 3.15. The van der Waals surface area contributed by atoms with Gasteiger partial charge in [0.1, 0.15) is 11.0 Å². The molecule has 1 aromatic heterocycles. The predicted octanol–water partition coefficient (Wildman–Crippen LogP) is 2.66. The molecule has 1 aliphatic heterocycles. The first kappa shape index (κ1) is 25.6. The third kappa shape index (κ3) is 7.13. The van der Waals surface area contributed by atoms with Crippen LogP contribution in [0.3, 0.4) is 0 Å². The summed E-state index contributed by atoms with van der Waals surface area (Å²) in [5, 5.41) is 19.4. The number of thiazole rings is 1. The van der Waals surface area contributed by atoms with E-state index in [4.69, 9.17) is 14.6 Å². The van der Waals surface area contributed by atoms with Crippen LogP contribution in [0.2, 0.25) is 0 Å². The van der Waals surface area contributed by atoms with Crippen molar-refractivity contribution in [1.82, 2.24) is 14.8 Å². The number of rotatable bonds is 6. The number of methoxy groups -OCH3 is 1. The average molecular weight is 455 g/mol. The maximum atomic E-state index is 12.6. The molecule has 2 heterocycles. The van der Waals surface area contributed by atoms with Crippen LogP contribution in [0.15, 0.2) is 5.38 Å². The molecule has 1 aromatic rings. The summed E-state index contributed by atoms with van der Waals surface area (Å²) in [6.45, 7) is 7.28. The van der Waals surface area contributed by atoms with E-state index in [0.29, 0.717) is 26.2 Å². The van der Waals surface area contributed by atoms with E-state index in [1.807, 2.05) is 26.2 Å². The fourth-order valence-electron chi connectivity index (χ4n) is 2.77. The van der Waals surface area contributed by atoms with Crippen LogP contribution in [0.25, 0.3) is 0 Å². The quantitative estimate of drug-likeness (QED) is 0.677. The minimum Gasteiger partial charge on any atom is -0.480 e. The van der Waals surface area contributed by atoms with Gasteiger partial charge in [-0.25, -0.2) is 19.4 Å². The van der Waals surface area contributed by atoms with Crippen LogP contribution in [0.1, 0.15) is 31.5 Å². The number of hydrogen-bond donors (Lipinski definition) is 2. The summed E-state index contributed by atoms with van der Waals surface area (Å²) in [7, 11) is 1.61. The van der Waals surface area contributed by atoms with Crippen LogP contribution in [0.5, 0.6) is 0 Å². The summed E-state index contributed by atoms with van der Waals surface area (Å²) in [6, 6.07) is -1.08. The van der Waals surface area contributed by atoms with Crippen molar-refractivity contribution in [2.24, 2.45) is 5.41 Å². The topological polar surface area (TPSA) is 120 Å². The zero-order chi connectivity index (χ0) is 23.3. The number of carbonyl (C=O) groups excluding carboxylic acids is 1. The fourth-order valence-corrected chi connectivity index (χ4v) is 3.52. The Morgan fingerprint density at radius 3 is 2.27 bits per heavy atom. The first-order chi connectivity index (χ1) is 13.7. The summed E-state index contributed by atoms with van der Waals surface area (Å²) < 4.78 is 36.8. The molecule has 1 atom stereocenters. The van der Waals surface area contributed by atoms with Gasteiger partial charge in [0.05, 0.1) is 18.8 Å². The van der Waals surface area contributed by atoms with Gasteiger partial charge < -0.3 is 24.7 Å². The second-order valence-electron chi connectivity index (χ2n) is 7.47. The Morgan fingerprint density at radius 2 is 1.83 bits per heavy atom. The number of urea groups is 1. The van der Waals surface area contributed by atoms with Crippen molar-refractivity contribution in [3.63, 3.8) is 0 Å². The third-order valence-corrected chi connectivity index (χ3v) is 4.83. The van der Waals surface area contributed by atoms with Crippen LogP contribution < -0.4 is 0 Å². The summed E-state index contributed by atoms with van der Waals surface area (Å²) in [5.74, 6) is -3.73. The lowest BCUT2D eigenvalue weighted by Gasteiger charge is -2.34. The number of halogens is 3. The molecule has 1 aliphatic rings. The Bertz CT molecular complexity index is 763. The molecule has 170 valence electrons. The molecule has 0 aromatic carbocycles. The molecule has 1 fully saturated rings. The molecule has 0 radical (unpaired) electrons. The van der Waals surface area contributed by atoms with E-state index in [0.717, 1.165) is 10.7 Å². The number of carboxylic acids is 2. The van der Waals surface area contributed by atoms with Gasteiger partial charge in [0.25, 0.3) is 0 Å². The normalized spacial score (nSPS) is 15.6. The van der Waals surface area contributed by atoms with E-state index in [1.54, 1.807) is 12.0 Å². The molecule has 0 saturated carbocycles. The van der Waals surface area contributed by atoms with Gasteiger partial charge in [0.2, 0.25) is 0 Å². The van der Waals surface area contributed by atoms with E-state index in [1.165, 1.54) is 16.2 Å². The van der Waals surface area contributed by atoms with Crippen molar-refractivity contribution in [2.45, 2.75) is 46.1 Å². The number of aromatic nitrogens is 1. The van der Waals surface area contributed by atoms with Crippen molar-refractivity contribution >= 4 is 29.3 Å². The smallest absolute Gasteiger partial charge is 0.480 e. The summed E-state index contributed by atoms with van der Waals surface area (Å²) in [4.78, 5) is 40.6. The molecule has 0 bridgehead atoms. The summed E-state index contributed by atoms with van der Waals surface area (Å²) >= 11 is 1.49. The molecular weight excluding hydrogens is 431 g/mol. The molecule has 0 aliphatic carbocycles. The Hall–Kier alpha value is -2.41. The zero-order valence-electron chi connectivity index (χ0n) is 16.9. The molecule has 2 amide bonds. The first-order valence-electron chi connectivity index (χ1n) is 8.69. The highest BCUT2D eigenvalue weighted by molar-refractivity contribution is 7.09. The second kappa shape index (κ2) is 10.1. The van der Waals surface area contributed by atoms with E-state index in [-0.39, 0.29) is 6.03 Å². The maximum Gasteiger partial charge on any atom is 0.490 e. The highest BCUT2D eigenvalue weighted by atomic mass is 32.1. The minimum absolute atomic E-state index is 0.242. The number of hydrogen-bond acceptors (Lipinski definition) is 6. The number of nitrogens with zero attached hydrogens (tertiary/aromatic N) is 3. The number of carbonyl (C=O) groups is 3. The monoisotopic (exact) mass is 455 g/mol. The van der Waals surface area contributed by atoms with Crippen molar-refractivity contribution in [3.8, 4) is 0 Å². The van der Waals surface area contributed by atoms with Gasteiger partial charge in [-0.05, 0) is 5.41 Å². The van der Waals surface area contributed by atoms with Gasteiger partial charge in [0, 0.05) is 25.6 Å². The van der Waals surface area contributed by atoms with Crippen LogP contribution in [0, 0.1) is 5.41 Å². The Labute approximate surface area is 175 Å². The third-order valence-electron chi connectivity index (χ3n) is 3.96. The predicted molar refractivity (Wildman–Crippen MR) is 99.9 cm³/mol. The Kier molecular flexibility index (Phi) is 8.60. The van der Waals surface area contributed by atoms with Crippen LogP contribution in [0.4, 0.5) is 18.0 Å². The van der Waals surface area contributed by atoms with E-state index in [9.17, 15) is 27.9 Å². The van der Waals surface area contributed by atoms with Crippen LogP contribution in [-0.4, -0.2) is 75.4 Å². The standard InChI is InChI=1S/C15H23N3O4S.C2HF3O2/c1-15(2,3)12(13(19)20)18-6-5-17(14(18)21)7-10-9-23-11(16-10)8-22-4;3-2(4,5)1(6)7/h9,12H,5-8H2,1-4H3,(H,19,20);(H,6,7)/t12-;/m1./s1. The van der Waals surface area contributed by atoms with Gasteiger partial charge in [-0.3, -0.25) is 0 Å². The number of ether oxygens (including phenoxy) is 1. The number of amides is 2. The molecule has 2 rings (SSSR count). The van der Waals surface area contributed by atoms with Gasteiger partial charge in [-0.2, -0.15) is 13.2 Å². The van der Waals surface area contributed by atoms with Crippen molar-refractivity contribution < 1.29 is 42.5 Å². The highest BCUT2D eigenvalue weighted by Crippen LogP contribution is 2.28. The van der Waals surface area contributed by atoms with Gasteiger partial charge in [-0.1, -0.05) is 20.8 Å². The lowest BCUT2D eigenvalue weighted by Crippen LogP contribution is -2.50. The van der Waals surface area contributed by atoms with E-state index in [2.05, 4.69) is 4.98 Å². The first-order valence-corrected chi connectivity index (χ1v) is 9.57. The van der Waals surface area contributed by atoms with E-state index >= 15 is 0 Å². The maximum absolute atomic E-state index is 12.6. The van der Waals surface area contributed by atoms with Crippen LogP contribution in [-0.2, 0) is 27.5 Å². The van der Waals surface area contributed by atoms with Crippen molar-refractivity contribution in [1.29, 1.82) is 0 Å². The van der Waals surface area contributed by atoms with Crippen molar-refractivity contribution in [2.75, 3.05) is 20.2 Å². The Balaban J connectivity index is 0.000000553. The number of aliphatic carboxylic acids is 2. The number of carboxylic acid groups (broad SMARTS) is 2. The molecule has 1 saturated heterocycles. The molecular formula is C17H24F3N3O6S. The largest absolute Gasteiger partial charge is 0.490 e. The van der Waals surface area contributed by atoms with E-state index < -0.39 is 29.6 Å². The number of alkyl halides is 3. The van der Waals surface area contributed by atoms with Crippen molar-refractivity contribution in [3.05, 3.63) is 16.1 Å². The SMILES string of the molecule is COCc1nc(CN2CCN([C@H](C(=O)O)C(C)(C)C)C2=O)cs1.O=C(O)C(F)(F)F. The van der Waals surface area contributed by atoms with Gasteiger partial charge in [-0.15, -0.1) is 11.3 Å². The molecule has 0 spiro atoms. The molecule has 30 heavy (non-hydrogen) atoms. The Morgan fingerprint density at radius 1 is 1.27 bits per heavy atom. The van der Waals surface area contributed by atoms with Gasteiger partial charge in [0.15, 0.2) is 0 Å². The molecule has 13 heteroatoms. The van der Waals surface area contributed by atoms with Gasteiger partial charge >= 0.3 is 24.1 Å². The molecule has 9 nitrogen and oxygen atoms in total. The minimum atomic E-state index is -5.08. The lowest BCUT2D eigenvalue weighted by molar-refractivity contribution is -0.192. The highest BCUT2D eigenvalue weighted by Gasteiger charge is 2.43.